The lowest BCUT2D eigenvalue weighted by Crippen LogP contribution is -2.32. The van der Waals surface area contributed by atoms with Crippen LogP contribution in [-0.2, 0) is 16.6 Å². The monoisotopic (exact) mass is 476 g/mol. The predicted molar refractivity (Wildman–Crippen MR) is 130 cm³/mol. The SMILES string of the molecule is COc1cccc(-c2cc3c(c(OC)c2)OCCN(S(=O)(=O)c2ccc4ccccc4c2)C3)n1. The first-order valence-electron chi connectivity index (χ1n) is 10.8. The maximum atomic E-state index is 13.6. The molecule has 0 radical (unpaired) electrons. The number of fused-ring (bicyclic) bond motifs is 2. The Hall–Kier alpha value is -3.62. The van der Waals surface area contributed by atoms with Crippen LogP contribution in [0.1, 0.15) is 5.56 Å². The summed E-state index contributed by atoms with van der Waals surface area (Å²) < 4.78 is 45.4. The number of methoxy groups -OCH3 is 2. The fourth-order valence-electron chi connectivity index (χ4n) is 4.13. The van der Waals surface area contributed by atoms with Crippen molar-refractivity contribution in [3.05, 3.63) is 78.4 Å². The van der Waals surface area contributed by atoms with Crippen LogP contribution in [0.4, 0.5) is 0 Å². The molecule has 1 aliphatic rings. The number of aromatic nitrogens is 1. The summed E-state index contributed by atoms with van der Waals surface area (Å²) >= 11 is 0. The van der Waals surface area contributed by atoms with E-state index in [4.69, 9.17) is 14.2 Å². The third-order valence-electron chi connectivity index (χ3n) is 5.87. The van der Waals surface area contributed by atoms with Gasteiger partial charge in [0.15, 0.2) is 11.5 Å². The minimum atomic E-state index is -3.75. The molecular weight excluding hydrogens is 452 g/mol. The number of hydrogen-bond acceptors (Lipinski definition) is 6. The molecule has 34 heavy (non-hydrogen) atoms. The first-order valence-corrected chi connectivity index (χ1v) is 12.3. The highest BCUT2D eigenvalue weighted by Gasteiger charge is 2.29. The molecule has 0 aliphatic carbocycles. The summed E-state index contributed by atoms with van der Waals surface area (Å²) in [5, 5.41) is 1.87. The molecule has 5 rings (SSSR count). The van der Waals surface area contributed by atoms with E-state index in [1.807, 2.05) is 54.6 Å². The lowest BCUT2D eigenvalue weighted by atomic mass is 10.1. The largest absolute Gasteiger partial charge is 0.493 e. The van der Waals surface area contributed by atoms with Crippen LogP contribution in [0.25, 0.3) is 22.0 Å². The summed E-state index contributed by atoms with van der Waals surface area (Å²) in [6.07, 6.45) is 0. The van der Waals surface area contributed by atoms with Gasteiger partial charge >= 0.3 is 0 Å². The van der Waals surface area contributed by atoms with Gasteiger partial charge in [-0.1, -0.05) is 36.4 Å². The summed E-state index contributed by atoms with van der Waals surface area (Å²) in [6.45, 7) is 0.589. The van der Waals surface area contributed by atoms with Crippen molar-refractivity contribution >= 4 is 20.8 Å². The highest BCUT2D eigenvalue weighted by atomic mass is 32.2. The Morgan fingerprint density at radius 1 is 0.912 bits per heavy atom. The fraction of sp³-hybridized carbons (Fsp3) is 0.192. The molecule has 7 nitrogen and oxygen atoms in total. The first kappa shape index (κ1) is 22.2. The van der Waals surface area contributed by atoms with Crippen LogP contribution in [0.3, 0.4) is 0 Å². The zero-order valence-electron chi connectivity index (χ0n) is 18.9. The molecule has 1 aliphatic heterocycles. The molecule has 0 amide bonds. The van der Waals surface area contributed by atoms with E-state index in [2.05, 4.69) is 4.98 Å². The van der Waals surface area contributed by atoms with Gasteiger partial charge in [0, 0.05) is 30.3 Å². The molecule has 4 aromatic rings. The van der Waals surface area contributed by atoms with E-state index in [0.717, 1.165) is 16.3 Å². The van der Waals surface area contributed by atoms with Gasteiger partial charge in [-0.15, -0.1) is 0 Å². The zero-order valence-corrected chi connectivity index (χ0v) is 19.7. The lowest BCUT2D eigenvalue weighted by molar-refractivity contribution is 0.279. The Morgan fingerprint density at radius 3 is 2.53 bits per heavy atom. The Bertz CT molecular complexity index is 1470. The van der Waals surface area contributed by atoms with Gasteiger partial charge in [0.25, 0.3) is 0 Å². The summed E-state index contributed by atoms with van der Waals surface area (Å²) in [5.41, 5.74) is 2.18. The molecule has 0 unspecified atom stereocenters. The number of nitrogens with zero attached hydrogens (tertiary/aromatic N) is 2. The van der Waals surface area contributed by atoms with Crippen LogP contribution in [0.5, 0.6) is 17.4 Å². The normalized spacial score (nSPS) is 14.2. The molecule has 3 aromatic carbocycles. The second-order valence-electron chi connectivity index (χ2n) is 7.93. The van der Waals surface area contributed by atoms with Gasteiger partial charge in [0.2, 0.25) is 15.9 Å². The van der Waals surface area contributed by atoms with Crippen LogP contribution in [0.2, 0.25) is 0 Å². The summed E-state index contributed by atoms with van der Waals surface area (Å²) in [5.74, 6) is 1.57. The van der Waals surface area contributed by atoms with E-state index >= 15 is 0 Å². The maximum Gasteiger partial charge on any atom is 0.243 e. The molecular formula is C26H24N2O5S. The number of hydrogen-bond donors (Lipinski definition) is 0. The predicted octanol–water partition coefficient (Wildman–Crippen LogP) is 4.50. The second-order valence-corrected chi connectivity index (χ2v) is 9.87. The molecule has 0 fully saturated rings. The number of rotatable bonds is 5. The van der Waals surface area contributed by atoms with Gasteiger partial charge in [-0.25, -0.2) is 13.4 Å². The minimum Gasteiger partial charge on any atom is -0.493 e. The fourth-order valence-corrected chi connectivity index (χ4v) is 5.57. The van der Waals surface area contributed by atoms with Gasteiger partial charge in [-0.3, -0.25) is 0 Å². The Labute approximate surface area is 198 Å². The molecule has 0 saturated carbocycles. The van der Waals surface area contributed by atoms with Crippen molar-refractivity contribution in [3.63, 3.8) is 0 Å². The standard InChI is InChI=1S/C26H24N2O5S/c1-31-24-16-20(23-8-5-9-25(27-23)32-2)14-21-17-28(12-13-33-26(21)24)34(29,30)22-11-10-18-6-3-4-7-19(18)15-22/h3-11,14-16H,12-13,17H2,1-2H3. The molecule has 8 heteroatoms. The van der Waals surface area contributed by atoms with Crippen molar-refractivity contribution in [1.29, 1.82) is 0 Å². The highest BCUT2D eigenvalue weighted by Crippen LogP contribution is 2.39. The van der Waals surface area contributed by atoms with Gasteiger partial charge in [-0.05, 0) is 41.1 Å². The summed E-state index contributed by atoms with van der Waals surface area (Å²) in [4.78, 5) is 4.76. The topological polar surface area (TPSA) is 78.0 Å². The molecule has 1 aromatic heterocycles. The van der Waals surface area contributed by atoms with E-state index in [9.17, 15) is 8.42 Å². The molecule has 0 N–H and O–H groups in total. The summed E-state index contributed by atoms with van der Waals surface area (Å²) in [6, 6.07) is 22.1. The van der Waals surface area contributed by atoms with Crippen molar-refractivity contribution in [2.75, 3.05) is 27.4 Å². The van der Waals surface area contributed by atoms with Gasteiger partial charge in [-0.2, -0.15) is 4.31 Å². The van der Waals surface area contributed by atoms with Crippen molar-refractivity contribution in [2.24, 2.45) is 0 Å². The van der Waals surface area contributed by atoms with Crippen LogP contribution in [-0.4, -0.2) is 45.1 Å². The zero-order chi connectivity index (χ0) is 23.7. The van der Waals surface area contributed by atoms with Gasteiger partial charge in [0.05, 0.1) is 24.8 Å². The van der Waals surface area contributed by atoms with Crippen LogP contribution in [0, 0.1) is 0 Å². The average molecular weight is 477 g/mol. The smallest absolute Gasteiger partial charge is 0.243 e. The van der Waals surface area contributed by atoms with Crippen LogP contribution in [0.15, 0.2) is 77.7 Å². The Balaban J connectivity index is 1.55. The molecule has 2 heterocycles. The van der Waals surface area contributed by atoms with E-state index < -0.39 is 10.0 Å². The molecule has 174 valence electrons. The van der Waals surface area contributed by atoms with E-state index in [-0.39, 0.29) is 24.6 Å². The molecule has 0 spiro atoms. The molecule has 0 bridgehead atoms. The summed E-state index contributed by atoms with van der Waals surface area (Å²) in [7, 11) is -0.622. The minimum absolute atomic E-state index is 0.151. The number of sulfonamides is 1. The first-order chi connectivity index (χ1) is 16.5. The average Bonchev–Trinajstić information content (AvgIpc) is 3.11. The van der Waals surface area contributed by atoms with Crippen molar-refractivity contribution < 1.29 is 22.6 Å². The lowest BCUT2D eigenvalue weighted by Gasteiger charge is -2.20. The van der Waals surface area contributed by atoms with Crippen LogP contribution >= 0.6 is 0 Å². The third kappa shape index (κ3) is 4.06. The van der Waals surface area contributed by atoms with Gasteiger partial charge in [0.1, 0.15) is 6.61 Å². The van der Waals surface area contributed by atoms with E-state index in [0.29, 0.717) is 28.6 Å². The van der Waals surface area contributed by atoms with Crippen molar-refractivity contribution in [1.82, 2.24) is 9.29 Å². The third-order valence-corrected chi connectivity index (χ3v) is 7.71. The number of ether oxygens (including phenoxy) is 3. The number of pyridine rings is 1. The van der Waals surface area contributed by atoms with Gasteiger partial charge < -0.3 is 14.2 Å². The van der Waals surface area contributed by atoms with E-state index in [1.165, 1.54) is 4.31 Å². The van der Waals surface area contributed by atoms with Crippen molar-refractivity contribution in [2.45, 2.75) is 11.4 Å². The highest BCUT2D eigenvalue weighted by molar-refractivity contribution is 7.89. The quantitative estimate of drug-likeness (QED) is 0.422. The van der Waals surface area contributed by atoms with Crippen molar-refractivity contribution in [3.8, 4) is 28.6 Å². The maximum absolute atomic E-state index is 13.6. The molecule has 0 saturated heterocycles. The van der Waals surface area contributed by atoms with Crippen LogP contribution < -0.4 is 14.2 Å². The Morgan fingerprint density at radius 2 is 1.74 bits per heavy atom. The molecule has 0 atom stereocenters. The number of benzene rings is 3. The van der Waals surface area contributed by atoms with E-state index in [1.54, 1.807) is 32.4 Å². The second kappa shape index (κ2) is 8.96. The Kier molecular flexibility index (Phi) is 5.85.